The topological polar surface area (TPSA) is 84.2 Å². The van der Waals surface area contributed by atoms with Crippen molar-refractivity contribution in [2.45, 2.75) is 44.0 Å². The summed E-state index contributed by atoms with van der Waals surface area (Å²) in [7, 11) is 0. The van der Waals surface area contributed by atoms with Gasteiger partial charge in [-0.2, -0.15) is 0 Å². The first-order valence-corrected chi connectivity index (χ1v) is 12.7. The van der Waals surface area contributed by atoms with Gasteiger partial charge in [0.25, 0.3) is 0 Å². The van der Waals surface area contributed by atoms with E-state index in [4.69, 9.17) is 5.73 Å². The second-order valence-electron chi connectivity index (χ2n) is 9.38. The fraction of sp³-hybridized carbons (Fsp3) is 0.200. The lowest BCUT2D eigenvalue weighted by molar-refractivity contribution is -0.116. The minimum Gasteiger partial charge on any atom is -0.366 e. The van der Waals surface area contributed by atoms with Crippen LogP contribution in [0.2, 0.25) is 0 Å². The number of amides is 2. The molecule has 0 fully saturated rings. The van der Waals surface area contributed by atoms with Crippen molar-refractivity contribution in [3.63, 3.8) is 0 Å². The highest BCUT2D eigenvalue weighted by atomic mass is 32.2. The van der Waals surface area contributed by atoms with E-state index in [1.165, 1.54) is 5.56 Å². The van der Waals surface area contributed by atoms with E-state index in [1.807, 2.05) is 42.5 Å². The van der Waals surface area contributed by atoms with E-state index in [0.29, 0.717) is 12.0 Å². The van der Waals surface area contributed by atoms with Crippen LogP contribution in [0, 0.1) is 0 Å². The first kappa shape index (κ1) is 27.0. The van der Waals surface area contributed by atoms with Crippen molar-refractivity contribution in [3.8, 4) is 0 Å². The van der Waals surface area contributed by atoms with Crippen molar-refractivity contribution in [2.75, 3.05) is 5.32 Å². The molecule has 2 amide bonds. The number of anilines is 1. The van der Waals surface area contributed by atoms with Gasteiger partial charge in [0.05, 0.1) is 0 Å². The molecule has 0 heterocycles. The van der Waals surface area contributed by atoms with E-state index in [1.54, 1.807) is 36.2 Å². The molecule has 0 radical (unpaired) electrons. The molecule has 4 aromatic rings. The Hall–Kier alpha value is -3.61. The van der Waals surface area contributed by atoms with Gasteiger partial charge in [0, 0.05) is 33.5 Å². The van der Waals surface area contributed by atoms with Crippen molar-refractivity contribution < 1.29 is 9.59 Å². The smallest absolute Gasteiger partial charge is 0.248 e. The molecule has 0 aliphatic carbocycles. The molecule has 6 heteroatoms. The van der Waals surface area contributed by atoms with Gasteiger partial charge in [0.15, 0.2) is 0 Å². The van der Waals surface area contributed by atoms with Crippen LogP contribution in [0.4, 0.5) is 5.69 Å². The number of carbonyl (C=O) groups excluding carboxylic acids is 2. The van der Waals surface area contributed by atoms with E-state index >= 15 is 0 Å². The zero-order chi connectivity index (χ0) is 26.0. The van der Waals surface area contributed by atoms with Gasteiger partial charge in [0.1, 0.15) is 0 Å². The number of hydrogen-bond donors (Lipinski definition) is 3. The summed E-state index contributed by atoms with van der Waals surface area (Å²) in [5, 5.41) is 5.29. The summed E-state index contributed by atoms with van der Waals surface area (Å²) in [6, 6.07) is 31.1. The summed E-state index contributed by atoms with van der Waals surface area (Å²) in [5.41, 5.74) is 7.59. The molecule has 5 nitrogen and oxygen atoms in total. The van der Waals surface area contributed by atoms with Gasteiger partial charge in [-0.1, -0.05) is 72.8 Å². The maximum Gasteiger partial charge on any atom is 0.248 e. The Bertz CT molecular complexity index is 1290. The van der Waals surface area contributed by atoms with E-state index in [9.17, 15) is 9.59 Å². The Morgan fingerprint density at radius 3 is 2.00 bits per heavy atom. The number of nitrogens with one attached hydrogen (secondary N) is 2. The van der Waals surface area contributed by atoms with Crippen LogP contribution in [0.1, 0.15) is 43.1 Å². The molecule has 4 rings (SSSR count). The number of carbonyl (C=O) groups is 2. The van der Waals surface area contributed by atoms with Gasteiger partial charge in [-0.3, -0.25) is 14.3 Å². The van der Waals surface area contributed by atoms with Crippen LogP contribution in [-0.2, 0) is 11.2 Å². The highest BCUT2D eigenvalue weighted by Gasteiger charge is 2.12. The second-order valence-corrected chi connectivity index (χ2v) is 10.2. The summed E-state index contributed by atoms with van der Waals surface area (Å²) >= 11 is 1.63. The fourth-order valence-electron chi connectivity index (χ4n) is 3.40. The lowest BCUT2D eigenvalue weighted by Crippen LogP contribution is -2.29. The lowest BCUT2D eigenvalue weighted by atomic mass is 10.1. The molecule has 0 aliphatic heterocycles. The molecule has 0 unspecified atom stereocenters. The molecule has 0 aliphatic rings. The summed E-state index contributed by atoms with van der Waals surface area (Å²) in [5.74, 6) is -0.340. The van der Waals surface area contributed by atoms with Crippen LogP contribution in [0.3, 0.4) is 0 Å². The Morgan fingerprint density at radius 1 is 0.778 bits per heavy atom. The maximum atomic E-state index is 12.4. The van der Waals surface area contributed by atoms with Crippen molar-refractivity contribution in [2.24, 2.45) is 5.73 Å². The van der Waals surface area contributed by atoms with Crippen molar-refractivity contribution in [1.82, 2.24) is 4.72 Å². The normalized spacial score (nSPS) is 10.9. The third kappa shape index (κ3) is 8.56. The van der Waals surface area contributed by atoms with Gasteiger partial charge in [0.2, 0.25) is 11.8 Å². The predicted octanol–water partition coefficient (Wildman–Crippen LogP) is 6.59. The molecule has 0 atom stereocenters. The molecule has 0 spiro atoms. The van der Waals surface area contributed by atoms with Crippen molar-refractivity contribution in [3.05, 3.63) is 108 Å². The van der Waals surface area contributed by atoms with E-state index < -0.39 is 0 Å². The third-order valence-electron chi connectivity index (χ3n) is 5.17. The average Bonchev–Trinajstić information content (AvgIpc) is 2.87. The lowest BCUT2D eigenvalue weighted by Gasteiger charge is -2.20. The number of hydrogen-bond acceptors (Lipinski definition) is 4. The quantitative estimate of drug-likeness (QED) is 0.250. The zero-order valence-electron chi connectivity index (χ0n) is 21.0. The number of aryl methyl sites for hydroxylation is 1. The fourth-order valence-corrected chi connectivity index (χ4v) is 4.26. The number of fused-ring (bicyclic) bond motifs is 1. The van der Waals surface area contributed by atoms with Crippen LogP contribution in [0.5, 0.6) is 0 Å². The van der Waals surface area contributed by atoms with Gasteiger partial charge in [-0.25, -0.2) is 0 Å². The first-order chi connectivity index (χ1) is 17.2. The summed E-state index contributed by atoms with van der Waals surface area (Å²) in [6.07, 6.45) is 1.22. The van der Waals surface area contributed by atoms with Gasteiger partial charge in [-0.15, -0.1) is 0 Å². The molecule has 36 heavy (non-hydrogen) atoms. The number of nitrogens with two attached hydrogens (primary N) is 1. The third-order valence-corrected chi connectivity index (χ3v) is 6.46. The summed E-state index contributed by atoms with van der Waals surface area (Å²) in [4.78, 5) is 24.0. The largest absolute Gasteiger partial charge is 0.366 e. The van der Waals surface area contributed by atoms with E-state index in [-0.39, 0.29) is 17.4 Å². The molecule has 0 saturated carbocycles. The standard InChI is InChI=1S/C23H26N2OS.C7H7NO/c1-23(2,3)25-27-21-14-8-11-18-19(21)12-7-13-20(18)24-22(26)16-15-17-9-5-4-6-10-17;8-7(9)6-4-2-1-3-5-6/h4-14,25H,15-16H2,1-3H3,(H,24,26);1-5H,(H2,8,9). The van der Waals surface area contributed by atoms with Gasteiger partial charge >= 0.3 is 0 Å². The molecule has 4 aromatic carbocycles. The highest BCUT2D eigenvalue weighted by Crippen LogP contribution is 2.31. The highest BCUT2D eigenvalue weighted by molar-refractivity contribution is 7.97. The second kappa shape index (κ2) is 12.9. The predicted molar refractivity (Wildman–Crippen MR) is 151 cm³/mol. The molecule has 186 valence electrons. The molecule has 0 aromatic heterocycles. The Morgan fingerprint density at radius 2 is 1.39 bits per heavy atom. The van der Waals surface area contributed by atoms with Crippen LogP contribution in [0.15, 0.2) is 102 Å². The van der Waals surface area contributed by atoms with Crippen LogP contribution < -0.4 is 15.8 Å². The number of rotatable bonds is 7. The SMILES string of the molecule is CC(C)(C)NSc1cccc2c(NC(=O)CCc3ccccc3)cccc12.NC(=O)c1ccccc1. The molecule has 4 N–H and O–H groups in total. The molecule has 0 bridgehead atoms. The van der Waals surface area contributed by atoms with Crippen LogP contribution in [0.25, 0.3) is 10.8 Å². The monoisotopic (exact) mass is 499 g/mol. The van der Waals surface area contributed by atoms with Crippen LogP contribution >= 0.6 is 11.9 Å². The Balaban J connectivity index is 0.000000338. The minimum absolute atomic E-state index is 0.0239. The van der Waals surface area contributed by atoms with Crippen molar-refractivity contribution in [1.29, 1.82) is 0 Å². The Kier molecular flexibility index (Phi) is 9.68. The van der Waals surface area contributed by atoms with Crippen molar-refractivity contribution >= 4 is 40.2 Å². The minimum atomic E-state index is -0.379. The van der Waals surface area contributed by atoms with E-state index in [2.05, 4.69) is 61.1 Å². The molecule has 0 saturated heterocycles. The summed E-state index contributed by atoms with van der Waals surface area (Å²) < 4.78 is 3.46. The zero-order valence-corrected chi connectivity index (χ0v) is 21.8. The van der Waals surface area contributed by atoms with Gasteiger partial charge < -0.3 is 11.1 Å². The molecular weight excluding hydrogens is 466 g/mol. The van der Waals surface area contributed by atoms with E-state index in [0.717, 1.165) is 27.8 Å². The first-order valence-electron chi connectivity index (χ1n) is 11.9. The maximum absolute atomic E-state index is 12.4. The number of benzene rings is 4. The van der Waals surface area contributed by atoms with Crippen LogP contribution in [-0.4, -0.2) is 17.4 Å². The average molecular weight is 500 g/mol. The number of primary amides is 1. The Labute approximate surface area is 217 Å². The summed E-state index contributed by atoms with van der Waals surface area (Å²) in [6.45, 7) is 6.43. The van der Waals surface area contributed by atoms with Gasteiger partial charge in [-0.05, 0) is 74.4 Å². The molecular formula is C30H33N3O2S.